The minimum absolute atomic E-state index is 0.0862. The van der Waals surface area contributed by atoms with Gasteiger partial charge in [0, 0.05) is 27.8 Å². The smallest absolute Gasteiger partial charge is 0.193 e. The summed E-state index contributed by atoms with van der Waals surface area (Å²) in [6.45, 7) is 0. The van der Waals surface area contributed by atoms with Crippen molar-refractivity contribution in [2.45, 2.75) is 0 Å². The van der Waals surface area contributed by atoms with Crippen LogP contribution < -0.4 is 0 Å². The third-order valence-corrected chi connectivity index (χ3v) is 3.89. The van der Waals surface area contributed by atoms with Crippen LogP contribution in [0.25, 0.3) is 0 Å². The van der Waals surface area contributed by atoms with E-state index >= 15 is 0 Å². The second-order valence-electron chi connectivity index (χ2n) is 5.32. The Morgan fingerprint density at radius 2 is 1.70 bits per heavy atom. The van der Waals surface area contributed by atoms with Gasteiger partial charge in [-0.25, -0.2) is 0 Å². The first-order chi connectivity index (χ1) is 11.2. The largest absolute Gasteiger partial charge is 0.377 e. The van der Waals surface area contributed by atoms with Crippen molar-refractivity contribution in [1.29, 1.82) is 0 Å². The number of fused-ring (bicyclic) bond motifs is 2. The molecule has 0 heterocycles. The third-order valence-electron chi connectivity index (χ3n) is 3.89. The Hall–Kier alpha value is -3.11. The van der Waals surface area contributed by atoms with E-state index in [0.717, 1.165) is 11.1 Å². The number of ketones is 1. The van der Waals surface area contributed by atoms with Gasteiger partial charge >= 0.3 is 0 Å². The number of carbonyl (C=O) groups is 1. The molecule has 2 heteroatoms. The van der Waals surface area contributed by atoms with Crippen LogP contribution in [0.2, 0.25) is 0 Å². The fraction of sp³-hybridized carbons (Fsp3) is 0. The molecule has 23 heavy (non-hydrogen) atoms. The van der Waals surface area contributed by atoms with Crippen LogP contribution >= 0.6 is 0 Å². The molecular weight excluding hydrogens is 284 g/mol. The van der Waals surface area contributed by atoms with Gasteiger partial charge in [-0.3, -0.25) is 4.79 Å². The molecule has 107 valence electrons. The SMILES string of the molecule is O=C1c2ccccc2[C](O)c2ccc(C#CC3=C=CC=C3)cc21. The van der Waals surface area contributed by atoms with Crippen LogP contribution in [-0.2, 0) is 0 Å². The number of rotatable bonds is 0. The van der Waals surface area contributed by atoms with Crippen molar-refractivity contribution in [1.82, 2.24) is 0 Å². The number of allylic oxidation sites excluding steroid dienone is 3. The third kappa shape index (κ3) is 2.25. The molecule has 1 radical (unpaired) electrons. The number of benzene rings is 2. The molecule has 0 saturated carbocycles. The molecule has 0 unspecified atom stereocenters. The fourth-order valence-corrected chi connectivity index (χ4v) is 2.74. The van der Waals surface area contributed by atoms with E-state index in [1.807, 2.05) is 30.4 Å². The minimum Gasteiger partial charge on any atom is -0.377 e. The van der Waals surface area contributed by atoms with E-state index < -0.39 is 0 Å². The summed E-state index contributed by atoms with van der Waals surface area (Å²) in [6.07, 6.45) is 5.71. The van der Waals surface area contributed by atoms with Crippen LogP contribution in [0.15, 0.2) is 72.0 Å². The molecule has 0 atom stereocenters. The molecule has 2 aliphatic rings. The molecule has 2 nitrogen and oxygen atoms in total. The molecule has 0 aliphatic heterocycles. The quantitative estimate of drug-likeness (QED) is 0.596. The Labute approximate surface area is 134 Å². The normalized spacial score (nSPS) is 14.8. The van der Waals surface area contributed by atoms with Crippen molar-refractivity contribution >= 4 is 5.78 Å². The van der Waals surface area contributed by atoms with Gasteiger partial charge < -0.3 is 5.11 Å². The Bertz CT molecular complexity index is 990. The second-order valence-corrected chi connectivity index (χ2v) is 5.32. The van der Waals surface area contributed by atoms with E-state index in [1.165, 1.54) is 0 Å². The Morgan fingerprint density at radius 1 is 0.913 bits per heavy atom. The van der Waals surface area contributed by atoms with Gasteiger partial charge in [-0.15, -0.1) is 5.73 Å². The molecule has 0 fully saturated rings. The van der Waals surface area contributed by atoms with Crippen LogP contribution in [0.1, 0.15) is 32.6 Å². The van der Waals surface area contributed by atoms with Crippen molar-refractivity contribution in [3.05, 3.63) is 106 Å². The Balaban J connectivity index is 1.79. The van der Waals surface area contributed by atoms with Crippen LogP contribution in [-0.4, -0.2) is 10.9 Å². The zero-order valence-electron chi connectivity index (χ0n) is 12.1. The van der Waals surface area contributed by atoms with E-state index in [-0.39, 0.29) is 11.9 Å². The lowest BCUT2D eigenvalue weighted by Gasteiger charge is -2.22. The number of aliphatic hydroxyl groups is 1. The lowest BCUT2D eigenvalue weighted by molar-refractivity contribution is 0.103. The summed E-state index contributed by atoms with van der Waals surface area (Å²) in [6, 6.07) is 12.4. The molecule has 4 rings (SSSR count). The fourth-order valence-electron chi connectivity index (χ4n) is 2.74. The molecule has 2 aromatic rings. The van der Waals surface area contributed by atoms with Gasteiger partial charge in [0.05, 0.1) is 5.57 Å². The number of carbonyl (C=O) groups excluding carboxylic acids is 1. The standard InChI is InChI=1S/C21H11O2/c22-20-16-7-3-4-8-17(16)21(23)19-13-15(11-12-18(19)20)10-9-14-5-1-2-6-14/h1-5,7-8,11-13,22H. The van der Waals surface area contributed by atoms with E-state index in [9.17, 15) is 9.90 Å². The maximum atomic E-state index is 12.7. The van der Waals surface area contributed by atoms with E-state index in [0.29, 0.717) is 22.3 Å². The van der Waals surface area contributed by atoms with Crippen molar-refractivity contribution in [2.24, 2.45) is 0 Å². The van der Waals surface area contributed by atoms with Crippen LogP contribution in [0.5, 0.6) is 0 Å². The molecule has 0 aromatic heterocycles. The molecule has 2 aliphatic carbocycles. The lowest BCUT2D eigenvalue weighted by atomic mass is 9.82. The lowest BCUT2D eigenvalue weighted by Crippen LogP contribution is -2.19. The van der Waals surface area contributed by atoms with Crippen molar-refractivity contribution in [2.75, 3.05) is 0 Å². The van der Waals surface area contributed by atoms with Gasteiger partial charge in [-0.2, -0.15) is 0 Å². The summed E-state index contributed by atoms with van der Waals surface area (Å²) in [7, 11) is 0. The highest BCUT2D eigenvalue weighted by molar-refractivity contribution is 6.13. The summed E-state index contributed by atoms with van der Waals surface area (Å²) < 4.78 is 0. The summed E-state index contributed by atoms with van der Waals surface area (Å²) in [5, 5.41) is 10.4. The van der Waals surface area contributed by atoms with Crippen LogP contribution in [0.3, 0.4) is 0 Å². The van der Waals surface area contributed by atoms with Crippen molar-refractivity contribution in [3.63, 3.8) is 0 Å². The maximum Gasteiger partial charge on any atom is 0.193 e. The van der Waals surface area contributed by atoms with Crippen LogP contribution in [0.4, 0.5) is 0 Å². The molecule has 0 saturated heterocycles. The molecule has 2 aromatic carbocycles. The average molecular weight is 295 g/mol. The van der Waals surface area contributed by atoms with Gasteiger partial charge in [0.25, 0.3) is 0 Å². The van der Waals surface area contributed by atoms with E-state index in [1.54, 1.807) is 30.3 Å². The van der Waals surface area contributed by atoms with E-state index in [4.69, 9.17) is 0 Å². The highest BCUT2D eigenvalue weighted by Crippen LogP contribution is 2.34. The molecule has 0 spiro atoms. The second kappa shape index (κ2) is 5.26. The Kier molecular flexibility index (Phi) is 3.10. The maximum absolute atomic E-state index is 12.7. The minimum atomic E-state index is -0.0862. The summed E-state index contributed by atoms with van der Waals surface area (Å²) in [5.74, 6) is 5.95. The average Bonchev–Trinajstić information content (AvgIpc) is 3.11. The Morgan fingerprint density at radius 3 is 2.48 bits per heavy atom. The van der Waals surface area contributed by atoms with Gasteiger partial charge in [0.15, 0.2) is 11.9 Å². The summed E-state index contributed by atoms with van der Waals surface area (Å²) in [4.78, 5) is 12.7. The molecule has 0 bridgehead atoms. The highest BCUT2D eigenvalue weighted by Gasteiger charge is 2.30. The number of aliphatic hydroxyl groups excluding tert-OH is 1. The van der Waals surface area contributed by atoms with Gasteiger partial charge in [-0.05, 0) is 24.3 Å². The first kappa shape index (κ1) is 13.5. The van der Waals surface area contributed by atoms with E-state index in [2.05, 4.69) is 17.6 Å². The monoisotopic (exact) mass is 295 g/mol. The summed E-state index contributed by atoms with van der Waals surface area (Å²) in [5.41, 5.74) is 6.70. The summed E-state index contributed by atoms with van der Waals surface area (Å²) >= 11 is 0. The van der Waals surface area contributed by atoms with Gasteiger partial charge in [0.1, 0.15) is 0 Å². The van der Waals surface area contributed by atoms with Gasteiger partial charge in [-0.1, -0.05) is 48.2 Å². The van der Waals surface area contributed by atoms with Crippen LogP contribution in [0, 0.1) is 17.9 Å². The van der Waals surface area contributed by atoms with Crippen molar-refractivity contribution < 1.29 is 9.90 Å². The predicted octanol–water partition coefficient (Wildman–Crippen LogP) is 3.53. The molecule has 0 amide bonds. The number of hydrogen-bond donors (Lipinski definition) is 1. The zero-order valence-corrected chi connectivity index (χ0v) is 12.1. The predicted molar refractivity (Wildman–Crippen MR) is 87.3 cm³/mol. The first-order valence-electron chi connectivity index (χ1n) is 7.24. The number of hydrogen-bond acceptors (Lipinski definition) is 2. The molecule has 1 N–H and O–H groups in total. The zero-order chi connectivity index (χ0) is 15.8. The first-order valence-corrected chi connectivity index (χ1v) is 7.24. The van der Waals surface area contributed by atoms with Gasteiger partial charge in [0.2, 0.25) is 0 Å². The molecular formula is C21H11O2. The van der Waals surface area contributed by atoms with Crippen molar-refractivity contribution in [3.8, 4) is 11.8 Å². The topological polar surface area (TPSA) is 37.3 Å². The highest BCUT2D eigenvalue weighted by atomic mass is 16.3.